The molecule has 6 heteroatoms. The van der Waals surface area contributed by atoms with E-state index in [1.165, 1.54) is 0 Å². The lowest BCUT2D eigenvalue weighted by molar-refractivity contribution is -0.116. The number of aromatic nitrogens is 1. The van der Waals surface area contributed by atoms with Gasteiger partial charge < -0.3 is 10.1 Å². The third kappa shape index (κ3) is 5.13. The number of carbonyl (C=O) groups excluding carboxylic acids is 1. The smallest absolute Gasteiger partial charge is 0.225 e. The van der Waals surface area contributed by atoms with Crippen LogP contribution in [-0.4, -0.2) is 36.5 Å². The molecule has 0 spiro atoms. The molecule has 0 aliphatic heterocycles. The third-order valence-electron chi connectivity index (χ3n) is 3.15. The maximum absolute atomic E-state index is 12.0. The third-order valence-corrected chi connectivity index (χ3v) is 4.10. The summed E-state index contributed by atoms with van der Waals surface area (Å²) in [6.45, 7) is 3.45. The second-order valence-electron chi connectivity index (χ2n) is 5.15. The first-order chi connectivity index (χ1) is 10.6. The lowest BCUT2D eigenvalue weighted by atomic mass is 10.3. The van der Waals surface area contributed by atoms with Crippen LogP contribution in [0.1, 0.15) is 17.1 Å². The van der Waals surface area contributed by atoms with Crippen molar-refractivity contribution in [3.05, 3.63) is 40.3 Å². The van der Waals surface area contributed by atoms with Crippen molar-refractivity contribution < 1.29 is 9.53 Å². The van der Waals surface area contributed by atoms with Gasteiger partial charge in [-0.3, -0.25) is 9.69 Å². The Bertz CT molecular complexity index is 627. The van der Waals surface area contributed by atoms with Crippen molar-refractivity contribution in [3.8, 4) is 5.75 Å². The Kier molecular flexibility index (Phi) is 5.91. The lowest BCUT2D eigenvalue weighted by Gasteiger charge is -2.14. The van der Waals surface area contributed by atoms with Crippen LogP contribution in [0.4, 0.5) is 5.69 Å². The van der Waals surface area contributed by atoms with Crippen molar-refractivity contribution in [2.45, 2.75) is 19.9 Å². The van der Waals surface area contributed by atoms with Gasteiger partial charge in [-0.1, -0.05) is 6.07 Å². The molecule has 0 fully saturated rings. The lowest BCUT2D eigenvalue weighted by Crippen LogP contribution is -2.24. The summed E-state index contributed by atoms with van der Waals surface area (Å²) in [5.74, 6) is 0.726. The quantitative estimate of drug-likeness (QED) is 0.852. The molecule has 1 N–H and O–H groups in total. The number of nitrogens with one attached hydrogen (secondary N) is 1. The average Bonchev–Trinajstić information content (AvgIpc) is 2.90. The Labute approximate surface area is 134 Å². The minimum Gasteiger partial charge on any atom is -0.497 e. The molecule has 0 saturated carbocycles. The minimum atomic E-state index is -0.00424. The Morgan fingerprint density at radius 1 is 1.45 bits per heavy atom. The number of hydrogen-bond donors (Lipinski definition) is 1. The number of anilines is 1. The average molecular weight is 319 g/mol. The Hall–Kier alpha value is -1.92. The molecule has 0 aliphatic carbocycles. The molecule has 22 heavy (non-hydrogen) atoms. The second-order valence-corrected chi connectivity index (χ2v) is 6.09. The first-order valence-corrected chi connectivity index (χ1v) is 7.98. The predicted molar refractivity (Wildman–Crippen MR) is 89.4 cm³/mol. The molecule has 0 unspecified atom stereocenters. The normalized spacial score (nSPS) is 10.7. The zero-order valence-electron chi connectivity index (χ0n) is 13.1. The molecule has 1 amide bonds. The fourth-order valence-electron chi connectivity index (χ4n) is 2.00. The summed E-state index contributed by atoms with van der Waals surface area (Å²) in [7, 11) is 3.60. The van der Waals surface area contributed by atoms with Gasteiger partial charge in [-0.15, -0.1) is 11.3 Å². The summed E-state index contributed by atoms with van der Waals surface area (Å²) in [6, 6.07) is 7.35. The van der Waals surface area contributed by atoms with Crippen LogP contribution < -0.4 is 10.1 Å². The fourth-order valence-corrected chi connectivity index (χ4v) is 2.85. The van der Waals surface area contributed by atoms with E-state index in [0.29, 0.717) is 13.0 Å². The van der Waals surface area contributed by atoms with Crippen LogP contribution in [0, 0.1) is 6.92 Å². The molecular weight excluding hydrogens is 298 g/mol. The van der Waals surface area contributed by atoms with Crippen LogP contribution in [0.2, 0.25) is 0 Å². The highest BCUT2D eigenvalue weighted by atomic mass is 32.1. The maximum atomic E-state index is 12.0. The zero-order valence-corrected chi connectivity index (χ0v) is 13.9. The van der Waals surface area contributed by atoms with Gasteiger partial charge in [0.25, 0.3) is 0 Å². The molecular formula is C16H21N3O2S. The Morgan fingerprint density at radius 3 is 2.95 bits per heavy atom. The SMILES string of the molecule is COc1cccc(NC(=O)CCN(C)Cc2nc(C)cs2)c1. The van der Waals surface area contributed by atoms with Crippen LogP contribution in [0.5, 0.6) is 5.75 Å². The first-order valence-electron chi connectivity index (χ1n) is 7.10. The number of aryl methyl sites for hydroxylation is 1. The van der Waals surface area contributed by atoms with Crippen molar-refractivity contribution in [2.24, 2.45) is 0 Å². The zero-order chi connectivity index (χ0) is 15.9. The highest BCUT2D eigenvalue weighted by Gasteiger charge is 2.08. The minimum absolute atomic E-state index is 0.00424. The van der Waals surface area contributed by atoms with Gasteiger partial charge in [0.2, 0.25) is 5.91 Å². The highest BCUT2D eigenvalue weighted by molar-refractivity contribution is 7.09. The van der Waals surface area contributed by atoms with Crippen LogP contribution >= 0.6 is 11.3 Å². The summed E-state index contributed by atoms with van der Waals surface area (Å²) in [4.78, 5) is 18.5. The van der Waals surface area contributed by atoms with E-state index in [4.69, 9.17) is 4.74 Å². The van der Waals surface area contributed by atoms with Crippen molar-refractivity contribution in [2.75, 3.05) is 26.0 Å². The van der Waals surface area contributed by atoms with Crippen molar-refractivity contribution in [1.82, 2.24) is 9.88 Å². The standard InChI is InChI=1S/C16H21N3O2S/c1-12-11-22-16(17-12)10-19(2)8-7-15(20)18-13-5-4-6-14(9-13)21-3/h4-6,9,11H,7-8,10H2,1-3H3,(H,18,20). The van der Waals surface area contributed by atoms with E-state index in [0.717, 1.165) is 28.7 Å². The molecule has 1 aromatic heterocycles. The summed E-state index contributed by atoms with van der Waals surface area (Å²) >= 11 is 1.65. The maximum Gasteiger partial charge on any atom is 0.225 e. The van der Waals surface area contributed by atoms with Crippen molar-refractivity contribution in [1.29, 1.82) is 0 Å². The van der Waals surface area contributed by atoms with Gasteiger partial charge in [0.15, 0.2) is 0 Å². The second kappa shape index (κ2) is 7.91. The van der Waals surface area contributed by atoms with Gasteiger partial charge in [-0.2, -0.15) is 0 Å². The molecule has 2 rings (SSSR count). The summed E-state index contributed by atoms with van der Waals surface area (Å²) in [5, 5.41) is 6.00. The number of thiazole rings is 1. The fraction of sp³-hybridized carbons (Fsp3) is 0.375. The number of ether oxygens (including phenoxy) is 1. The van der Waals surface area contributed by atoms with E-state index < -0.39 is 0 Å². The van der Waals surface area contributed by atoms with Gasteiger partial charge in [0.1, 0.15) is 10.8 Å². The molecule has 1 heterocycles. The number of rotatable bonds is 7. The number of benzene rings is 1. The number of methoxy groups -OCH3 is 1. The number of nitrogens with zero attached hydrogens (tertiary/aromatic N) is 2. The summed E-state index contributed by atoms with van der Waals surface area (Å²) in [5.41, 5.74) is 1.80. The molecule has 0 radical (unpaired) electrons. The molecule has 5 nitrogen and oxygen atoms in total. The van der Waals surface area contributed by atoms with Gasteiger partial charge in [-0.25, -0.2) is 4.98 Å². The van der Waals surface area contributed by atoms with Crippen LogP contribution in [-0.2, 0) is 11.3 Å². The van der Waals surface area contributed by atoms with E-state index in [9.17, 15) is 4.79 Å². The van der Waals surface area contributed by atoms with E-state index in [2.05, 4.69) is 15.2 Å². The molecule has 2 aromatic rings. The molecule has 0 saturated heterocycles. The number of amides is 1. The van der Waals surface area contributed by atoms with E-state index in [-0.39, 0.29) is 5.91 Å². The molecule has 1 aromatic carbocycles. The van der Waals surface area contributed by atoms with Gasteiger partial charge >= 0.3 is 0 Å². The molecule has 0 bridgehead atoms. The summed E-state index contributed by atoms with van der Waals surface area (Å²) < 4.78 is 5.14. The largest absolute Gasteiger partial charge is 0.497 e. The molecule has 118 valence electrons. The van der Waals surface area contributed by atoms with E-state index in [1.807, 2.05) is 37.6 Å². The number of hydrogen-bond acceptors (Lipinski definition) is 5. The highest BCUT2D eigenvalue weighted by Crippen LogP contribution is 2.17. The predicted octanol–water partition coefficient (Wildman–Crippen LogP) is 2.92. The van der Waals surface area contributed by atoms with Gasteiger partial charge in [0, 0.05) is 35.8 Å². The Balaban J connectivity index is 1.77. The van der Waals surface area contributed by atoms with E-state index in [1.54, 1.807) is 24.5 Å². The summed E-state index contributed by atoms with van der Waals surface area (Å²) in [6.07, 6.45) is 0.443. The number of carbonyl (C=O) groups is 1. The molecule has 0 atom stereocenters. The Morgan fingerprint density at radius 2 is 2.27 bits per heavy atom. The van der Waals surface area contributed by atoms with Crippen molar-refractivity contribution in [3.63, 3.8) is 0 Å². The van der Waals surface area contributed by atoms with Crippen LogP contribution in [0.25, 0.3) is 0 Å². The first kappa shape index (κ1) is 16.5. The van der Waals surface area contributed by atoms with Gasteiger partial charge in [-0.05, 0) is 26.1 Å². The topological polar surface area (TPSA) is 54.5 Å². The van der Waals surface area contributed by atoms with Crippen LogP contribution in [0.3, 0.4) is 0 Å². The monoisotopic (exact) mass is 319 g/mol. The van der Waals surface area contributed by atoms with Gasteiger partial charge in [0.05, 0.1) is 13.7 Å². The molecule has 0 aliphatic rings. The van der Waals surface area contributed by atoms with Crippen LogP contribution in [0.15, 0.2) is 29.6 Å². The van der Waals surface area contributed by atoms with E-state index >= 15 is 0 Å². The van der Waals surface area contributed by atoms with Crippen molar-refractivity contribution >= 4 is 22.9 Å².